The van der Waals surface area contributed by atoms with Crippen LogP contribution in [0.15, 0.2) is 18.3 Å². The van der Waals surface area contributed by atoms with E-state index in [1.54, 1.807) is 6.20 Å². The van der Waals surface area contributed by atoms with Crippen LogP contribution in [-0.2, 0) is 4.79 Å². The molecule has 0 unspecified atom stereocenters. The zero-order valence-corrected chi connectivity index (χ0v) is 11.9. The van der Waals surface area contributed by atoms with Gasteiger partial charge in [-0.1, -0.05) is 11.6 Å². The number of piperazine rings is 1. The van der Waals surface area contributed by atoms with Crippen molar-refractivity contribution in [2.24, 2.45) is 0 Å². The second kappa shape index (κ2) is 6.73. The fourth-order valence-electron chi connectivity index (χ4n) is 2.21. The molecule has 0 saturated carbocycles. The number of halogens is 1. The standard InChI is InChI=1S/C13H19ClN4O/c1-2-15-13(19)10-17-5-7-18(8-6-17)11-3-4-16-12(14)9-11/h3-4,9H,2,5-8,10H2,1H3,(H,15,19). The molecule has 19 heavy (non-hydrogen) atoms. The van der Waals surface area contributed by atoms with Crippen LogP contribution in [0.5, 0.6) is 0 Å². The lowest BCUT2D eigenvalue weighted by molar-refractivity contribution is -0.122. The average molecular weight is 283 g/mol. The molecule has 1 aliphatic heterocycles. The molecule has 2 heterocycles. The largest absolute Gasteiger partial charge is 0.369 e. The Balaban J connectivity index is 1.84. The monoisotopic (exact) mass is 282 g/mol. The van der Waals surface area contributed by atoms with Gasteiger partial charge in [0.1, 0.15) is 5.15 Å². The van der Waals surface area contributed by atoms with E-state index in [4.69, 9.17) is 11.6 Å². The SMILES string of the molecule is CCNC(=O)CN1CCN(c2ccnc(Cl)c2)CC1. The molecule has 1 aromatic heterocycles. The molecule has 0 bridgehead atoms. The molecule has 0 atom stereocenters. The summed E-state index contributed by atoms with van der Waals surface area (Å²) < 4.78 is 0. The number of rotatable bonds is 4. The van der Waals surface area contributed by atoms with E-state index in [2.05, 4.69) is 20.1 Å². The predicted molar refractivity (Wildman–Crippen MR) is 76.6 cm³/mol. The van der Waals surface area contributed by atoms with Gasteiger partial charge in [-0.15, -0.1) is 0 Å². The summed E-state index contributed by atoms with van der Waals surface area (Å²) in [5.74, 6) is 0.0999. The molecule has 2 rings (SSSR count). The Bertz CT molecular complexity index is 432. The fraction of sp³-hybridized carbons (Fsp3) is 0.538. The number of amides is 1. The Hall–Kier alpha value is -1.33. The van der Waals surface area contributed by atoms with Gasteiger partial charge in [-0.05, 0) is 19.1 Å². The van der Waals surface area contributed by atoms with E-state index in [-0.39, 0.29) is 5.91 Å². The van der Waals surface area contributed by atoms with Gasteiger partial charge in [-0.25, -0.2) is 4.98 Å². The molecule has 0 radical (unpaired) electrons. The predicted octanol–water partition coefficient (Wildman–Crippen LogP) is 0.993. The Kier molecular flexibility index (Phi) is 4.99. The summed E-state index contributed by atoms with van der Waals surface area (Å²) in [5, 5.41) is 3.34. The first kappa shape index (κ1) is 14.1. The molecule has 1 saturated heterocycles. The summed E-state index contributed by atoms with van der Waals surface area (Å²) in [5.41, 5.74) is 1.10. The molecule has 1 N–H and O–H groups in total. The lowest BCUT2D eigenvalue weighted by atomic mass is 10.2. The third kappa shape index (κ3) is 4.08. The normalized spacial score (nSPS) is 16.4. The highest BCUT2D eigenvalue weighted by Crippen LogP contribution is 2.18. The van der Waals surface area contributed by atoms with Gasteiger partial charge in [-0.2, -0.15) is 0 Å². The molecule has 104 valence electrons. The number of nitrogens with one attached hydrogen (secondary N) is 1. The van der Waals surface area contributed by atoms with Gasteiger partial charge in [0.2, 0.25) is 5.91 Å². The Morgan fingerprint density at radius 3 is 2.79 bits per heavy atom. The van der Waals surface area contributed by atoms with Crippen LogP contribution in [0.1, 0.15) is 6.92 Å². The highest BCUT2D eigenvalue weighted by atomic mass is 35.5. The van der Waals surface area contributed by atoms with Gasteiger partial charge < -0.3 is 10.2 Å². The molecule has 0 aliphatic carbocycles. The van der Waals surface area contributed by atoms with E-state index in [1.807, 2.05) is 19.1 Å². The van der Waals surface area contributed by atoms with E-state index in [1.165, 1.54) is 0 Å². The third-order valence-electron chi connectivity index (χ3n) is 3.19. The highest BCUT2D eigenvalue weighted by molar-refractivity contribution is 6.29. The summed E-state index contributed by atoms with van der Waals surface area (Å²) in [6.45, 7) is 6.68. The zero-order valence-electron chi connectivity index (χ0n) is 11.1. The number of hydrogen-bond acceptors (Lipinski definition) is 4. The van der Waals surface area contributed by atoms with Crippen molar-refractivity contribution >= 4 is 23.2 Å². The molecular formula is C13H19ClN4O. The summed E-state index contributed by atoms with van der Waals surface area (Å²) >= 11 is 5.90. The minimum absolute atomic E-state index is 0.0999. The Morgan fingerprint density at radius 1 is 1.42 bits per heavy atom. The Morgan fingerprint density at radius 2 is 2.16 bits per heavy atom. The van der Waals surface area contributed by atoms with Crippen LogP contribution in [0.2, 0.25) is 5.15 Å². The molecule has 0 spiro atoms. The van der Waals surface area contributed by atoms with E-state index in [0.29, 0.717) is 18.2 Å². The molecule has 0 aromatic carbocycles. The number of likely N-dealkylation sites (N-methyl/N-ethyl adjacent to an activating group) is 1. The number of anilines is 1. The number of pyridine rings is 1. The average Bonchev–Trinajstić information content (AvgIpc) is 2.40. The minimum atomic E-state index is 0.0999. The van der Waals surface area contributed by atoms with Crippen LogP contribution < -0.4 is 10.2 Å². The van der Waals surface area contributed by atoms with Crippen molar-refractivity contribution in [3.8, 4) is 0 Å². The molecule has 1 aliphatic rings. The zero-order chi connectivity index (χ0) is 13.7. The van der Waals surface area contributed by atoms with E-state index < -0.39 is 0 Å². The maximum absolute atomic E-state index is 11.5. The number of hydrogen-bond donors (Lipinski definition) is 1. The van der Waals surface area contributed by atoms with E-state index >= 15 is 0 Å². The maximum Gasteiger partial charge on any atom is 0.234 e. The van der Waals surface area contributed by atoms with Gasteiger partial charge in [0.05, 0.1) is 6.54 Å². The summed E-state index contributed by atoms with van der Waals surface area (Å²) in [7, 11) is 0. The number of carbonyl (C=O) groups excluding carboxylic acids is 1. The molecule has 1 amide bonds. The smallest absolute Gasteiger partial charge is 0.234 e. The molecule has 6 heteroatoms. The first-order valence-electron chi connectivity index (χ1n) is 6.54. The van der Waals surface area contributed by atoms with Crippen molar-refractivity contribution in [3.63, 3.8) is 0 Å². The van der Waals surface area contributed by atoms with Crippen molar-refractivity contribution in [2.45, 2.75) is 6.92 Å². The lowest BCUT2D eigenvalue weighted by Crippen LogP contribution is -2.49. The molecular weight excluding hydrogens is 264 g/mol. The van der Waals surface area contributed by atoms with Gasteiger partial charge in [0, 0.05) is 44.6 Å². The van der Waals surface area contributed by atoms with Crippen LogP contribution in [0, 0.1) is 0 Å². The summed E-state index contributed by atoms with van der Waals surface area (Å²) in [6, 6.07) is 3.84. The van der Waals surface area contributed by atoms with Crippen LogP contribution >= 0.6 is 11.6 Å². The number of carbonyl (C=O) groups is 1. The van der Waals surface area contributed by atoms with Gasteiger partial charge in [0.15, 0.2) is 0 Å². The topological polar surface area (TPSA) is 48.5 Å². The van der Waals surface area contributed by atoms with Crippen molar-refractivity contribution in [3.05, 3.63) is 23.5 Å². The van der Waals surface area contributed by atoms with Gasteiger partial charge in [-0.3, -0.25) is 9.69 Å². The van der Waals surface area contributed by atoms with Crippen LogP contribution in [0.3, 0.4) is 0 Å². The van der Waals surface area contributed by atoms with Gasteiger partial charge in [0.25, 0.3) is 0 Å². The molecule has 1 aromatic rings. The van der Waals surface area contributed by atoms with Crippen LogP contribution in [0.25, 0.3) is 0 Å². The fourth-order valence-corrected chi connectivity index (χ4v) is 2.38. The quantitative estimate of drug-likeness (QED) is 0.837. The second-order valence-electron chi connectivity index (χ2n) is 4.55. The van der Waals surface area contributed by atoms with Crippen molar-refractivity contribution in [1.29, 1.82) is 0 Å². The van der Waals surface area contributed by atoms with E-state index in [0.717, 1.165) is 31.9 Å². The first-order chi connectivity index (χ1) is 9.19. The first-order valence-corrected chi connectivity index (χ1v) is 6.92. The number of nitrogens with zero attached hydrogens (tertiary/aromatic N) is 3. The van der Waals surface area contributed by atoms with Crippen LogP contribution in [-0.4, -0.2) is 55.1 Å². The van der Waals surface area contributed by atoms with Crippen molar-refractivity contribution in [1.82, 2.24) is 15.2 Å². The van der Waals surface area contributed by atoms with Crippen LogP contribution in [0.4, 0.5) is 5.69 Å². The summed E-state index contributed by atoms with van der Waals surface area (Å²) in [4.78, 5) is 19.9. The van der Waals surface area contributed by atoms with Crippen molar-refractivity contribution in [2.75, 3.05) is 44.2 Å². The van der Waals surface area contributed by atoms with Crippen molar-refractivity contribution < 1.29 is 4.79 Å². The third-order valence-corrected chi connectivity index (χ3v) is 3.40. The minimum Gasteiger partial charge on any atom is -0.369 e. The van der Waals surface area contributed by atoms with E-state index in [9.17, 15) is 4.79 Å². The highest BCUT2D eigenvalue weighted by Gasteiger charge is 2.19. The Labute approximate surface area is 118 Å². The molecule has 5 nitrogen and oxygen atoms in total. The summed E-state index contributed by atoms with van der Waals surface area (Å²) in [6.07, 6.45) is 1.72. The number of aromatic nitrogens is 1. The lowest BCUT2D eigenvalue weighted by Gasteiger charge is -2.35. The second-order valence-corrected chi connectivity index (χ2v) is 4.94. The molecule has 1 fully saturated rings. The van der Waals surface area contributed by atoms with Gasteiger partial charge >= 0.3 is 0 Å². The maximum atomic E-state index is 11.5.